The Labute approximate surface area is 346 Å². The maximum absolute atomic E-state index is 2.65. The molecular weight excluding hydrogens is 721 g/mol. The Bertz CT molecular complexity index is 2750. The molecule has 7 aromatic carbocycles. The molecule has 284 valence electrons. The summed E-state index contributed by atoms with van der Waals surface area (Å²) < 4.78 is 2.70. The first-order chi connectivity index (χ1) is 28.8. The third kappa shape index (κ3) is 5.22. The standard InChI is InChI=1S/C55H48N2S/c1-4-14-37(15-5-1)38-26-30-45(31-27-38)57(46-32-33-48-47-22-10-11-25-51(47)58-52(48)36-46)50-24-13-17-40-35-42-29-28-41-34-39-16-12-23-49(53(39)55(41,42)54(40)50)56(43-18-6-2-7-19-43)44-20-8-3-9-21-44/h2-3,6-13,16-27,30-33,36-37,41-42H,1,4-5,14-15,28-29,34-35H2. The zero-order valence-electron chi connectivity index (χ0n) is 33.0. The van der Waals surface area contributed by atoms with Crippen LogP contribution in [0.1, 0.15) is 78.7 Å². The number of thiophene rings is 1. The van der Waals surface area contributed by atoms with Crippen LogP contribution in [-0.2, 0) is 18.3 Å². The van der Waals surface area contributed by atoms with Gasteiger partial charge in [0.1, 0.15) is 0 Å². The van der Waals surface area contributed by atoms with Crippen molar-refractivity contribution in [1.29, 1.82) is 0 Å². The van der Waals surface area contributed by atoms with E-state index in [1.54, 1.807) is 11.1 Å². The van der Waals surface area contributed by atoms with E-state index in [-0.39, 0.29) is 5.41 Å². The third-order valence-corrected chi connectivity index (χ3v) is 15.7. The maximum atomic E-state index is 2.65. The zero-order chi connectivity index (χ0) is 38.2. The minimum Gasteiger partial charge on any atom is -0.310 e. The van der Waals surface area contributed by atoms with Gasteiger partial charge in [-0.25, -0.2) is 0 Å². The molecule has 3 atom stereocenters. The molecule has 3 heteroatoms. The number of anilines is 6. The number of para-hydroxylation sites is 2. The molecular formula is C55H48N2S. The van der Waals surface area contributed by atoms with E-state index >= 15 is 0 Å². The van der Waals surface area contributed by atoms with E-state index in [0.717, 1.165) is 12.8 Å². The molecule has 0 radical (unpaired) electrons. The van der Waals surface area contributed by atoms with Crippen molar-refractivity contribution in [3.63, 3.8) is 0 Å². The van der Waals surface area contributed by atoms with E-state index in [0.29, 0.717) is 17.8 Å². The van der Waals surface area contributed by atoms with Crippen molar-refractivity contribution in [2.45, 2.75) is 69.1 Å². The van der Waals surface area contributed by atoms with Gasteiger partial charge in [-0.1, -0.05) is 116 Å². The Kier molecular flexibility index (Phi) is 8.15. The summed E-state index contributed by atoms with van der Waals surface area (Å²) in [6.45, 7) is 0. The van der Waals surface area contributed by atoms with Gasteiger partial charge in [-0.2, -0.15) is 0 Å². The molecule has 12 rings (SSSR count). The lowest BCUT2D eigenvalue weighted by molar-refractivity contribution is 0.350. The van der Waals surface area contributed by atoms with Gasteiger partial charge in [0.05, 0.1) is 11.4 Å². The van der Waals surface area contributed by atoms with E-state index in [1.807, 2.05) is 11.3 Å². The highest BCUT2D eigenvalue weighted by Gasteiger charge is 2.62. The quantitative estimate of drug-likeness (QED) is 0.159. The van der Waals surface area contributed by atoms with Crippen LogP contribution in [0, 0.1) is 11.8 Å². The lowest BCUT2D eigenvalue weighted by atomic mass is 9.68. The highest BCUT2D eigenvalue weighted by atomic mass is 32.1. The Morgan fingerprint density at radius 2 is 0.966 bits per heavy atom. The highest BCUT2D eigenvalue weighted by molar-refractivity contribution is 7.25. The van der Waals surface area contributed by atoms with E-state index < -0.39 is 0 Å². The average Bonchev–Trinajstić information content (AvgIpc) is 4.02. The molecule has 1 spiro atoms. The molecule has 1 aromatic heterocycles. The van der Waals surface area contributed by atoms with E-state index in [4.69, 9.17) is 0 Å². The predicted molar refractivity (Wildman–Crippen MR) is 245 cm³/mol. The van der Waals surface area contributed by atoms with Gasteiger partial charge in [-0.15, -0.1) is 11.3 Å². The van der Waals surface area contributed by atoms with Crippen LogP contribution in [0.4, 0.5) is 34.1 Å². The molecule has 58 heavy (non-hydrogen) atoms. The number of fused-ring (bicyclic) bond motifs is 5. The summed E-state index contributed by atoms with van der Waals surface area (Å²) in [5.41, 5.74) is 15.2. The fourth-order valence-corrected chi connectivity index (χ4v) is 13.4. The summed E-state index contributed by atoms with van der Waals surface area (Å²) in [5, 5.41) is 2.70. The molecule has 0 saturated heterocycles. The van der Waals surface area contributed by atoms with Gasteiger partial charge in [-0.3, -0.25) is 0 Å². The molecule has 0 amide bonds. The van der Waals surface area contributed by atoms with E-state index in [1.165, 1.54) is 116 Å². The molecule has 3 unspecified atom stereocenters. The van der Waals surface area contributed by atoms with Gasteiger partial charge in [0.25, 0.3) is 0 Å². The number of hydrogen-bond acceptors (Lipinski definition) is 3. The van der Waals surface area contributed by atoms with E-state index in [2.05, 4.69) is 174 Å². The van der Waals surface area contributed by atoms with Crippen LogP contribution in [0.25, 0.3) is 20.2 Å². The zero-order valence-corrected chi connectivity index (χ0v) is 33.8. The van der Waals surface area contributed by atoms with Crippen LogP contribution in [0.3, 0.4) is 0 Å². The summed E-state index contributed by atoms with van der Waals surface area (Å²) in [5.74, 6) is 1.80. The van der Waals surface area contributed by atoms with Gasteiger partial charge in [0.2, 0.25) is 0 Å². The number of benzene rings is 7. The second kappa shape index (κ2) is 13.7. The fraction of sp³-hybridized carbons (Fsp3) is 0.236. The normalized spacial score (nSPS) is 20.8. The predicted octanol–water partition coefficient (Wildman–Crippen LogP) is 15.5. The first-order valence-corrected chi connectivity index (χ1v) is 22.5. The number of hydrogen-bond donors (Lipinski definition) is 0. The SMILES string of the molecule is c1ccc(N(c2ccccc2)c2cccc3c2C24c5c(cccc5N(c5ccc(C6CCCCC6)cc5)c5ccc6c(c5)sc5ccccc56)CC2CCC4C3)cc1. The van der Waals surface area contributed by atoms with Crippen LogP contribution in [0.5, 0.6) is 0 Å². The van der Waals surface area contributed by atoms with Gasteiger partial charge in [0.15, 0.2) is 0 Å². The first kappa shape index (κ1) is 34.4. The fourth-order valence-electron chi connectivity index (χ4n) is 12.2. The van der Waals surface area contributed by atoms with Crippen LogP contribution in [0.2, 0.25) is 0 Å². The molecule has 8 aromatic rings. The second-order valence-corrected chi connectivity index (χ2v) is 18.5. The van der Waals surface area contributed by atoms with Crippen molar-refractivity contribution in [2.24, 2.45) is 11.8 Å². The topological polar surface area (TPSA) is 6.48 Å². The minimum atomic E-state index is -0.0817. The first-order valence-electron chi connectivity index (χ1n) is 21.7. The Hall–Kier alpha value is -5.64. The largest absolute Gasteiger partial charge is 0.310 e. The minimum absolute atomic E-state index is 0.0817. The third-order valence-electron chi connectivity index (χ3n) is 14.5. The van der Waals surface area contributed by atoms with Crippen LogP contribution in [0.15, 0.2) is 164 Å². The van der Waals surface area contributed by atoms with E-state index in [9.17, 15) is 0 Å². The molecule has 2 fully saturated rings. The van der Waals surface area contributed by atoms with Gasteiger partial charge < -0.3 is 9.80 Å². The Balaban J connectivity index is 1.09. The lowest BCUT2D eigenvalue weighted by Gasteiger charge is -2.40. The number of rotatable bonds is 7. The van der Waals surface area contributed by atoms with Crippen LogP contribution in [-0.4, -0.2) is 0 Å². The monoisotopic (exact) mass is 768 g/mol. The molecule has 1 heterocycles. The Morgan fingerprint density at radius 1 is 0.431 bits per heavy atom. The van der Waals surface area contributed by atoms with Crippen LogP contribution < -0.4 is 9.80 Å². The van der Waals surface area contributed by atoms with Crippen molar-refractivity contribution >= 4 is 65.6 Å². The molecule has 4 aliphatic carbocycles. The smallest absolute Gasteiger partial charge is 0.0505 e. The molecule has 2 nitrogen and oxygen atoms in total. The molecule has 0 bridgehead atoms. The molecule has 0 N–H and O–H groups in total. The molecule has 0 aliphatic heterocycles. The van der Waals surface area contributed by atoms with Crippen molar-refractivity contribution < 1.29 is 0 Å². The summed E-state index contributed by atoms with van der Waals surface area (Å²) in [6.07, 6.45) is 11.5. The van der Waals surface area contributed by atoms with Crippen molar-refractivity contribution in [2.75, 3.05) is 9.80 Å². The molecule has 4 aliphatic rings. The highest BCUT2D eigenvalue weighted by Crippen LogP contribution is 2.69. The van der Waals surface area contributed by atoms with Crippen molar-refractivity contribution in [1.82, 2.24) is 0 Å². The Morgan fingerprint density at radius 3 is 1.60 bits per heavy atom. The van der Waals surface area contributed by atoms with Gasteiger partial charge >= 0.3 is 0 Å². The van der Waals surface area contributed by atoms with Gasteiger partial charge in [-0.05, 0) is 151 Å². The second-order valence-electron chi connectivity index (χ2n) is 17.4. The van der Waals surface area contributed by atoms with Crippen molar-refractivity contribution in [3.05, 3.63) is 192 Å². The van der Waals surface area contributed by atoms with Gasteiger partial charge in [0, 0.05) is 48.3 Å². The average molecular weight is 769 g/mol. The van der Waals surface area contributed by atoms with Crippen molar-refractivity contribution in [3.8, 4) is 0 Å². The number of nitrogens with zero attached hydrogens (tertiary/aromatic N) is 2. The summed E-state index contributed by atoms with van der Waals surface area (Å²) >= 11 is 1.92. The summed E-state index contributed by atoms with van der Waals surface area (Å²) in [6, 6.07) is 62.5. The summed E-state index contributed by atoms with van der Waals surface area (Å²) in [4.78, 5) is 5.19. The maximum Gasteiger partial charge on any atom is 0.0505 e. The van der Waals surface area contributed by atoms with Crippen LogP contribution >= 0.6 is 11.3 Å². The molecule has 2 saturated carbocycles. The lowest BCUT2D eigenvalue weighted by Crippen LogP contribution is -2.34. The summed E-state index contributed by atoms with van der Waals surface area (Å²) in [7, 11) is 0.